The highest BCUT2D eigenvalue weighted by Gasteiger charge is 2.30. The molecule has 0 bridgehead atoms. The zero-order valence-electron chi connectivity index (χ0n) is 18.4. The molecule has 5 rings (SSSR count). The topological polar surface area (TPSA) is 48.5 Å². The minimum atomic E-state index is -0.00640. The van der Waals surface area contributed by atoms with Gasteiger partial charge in [-0.3, -0.25) is 14.7 Å². The van der Waals surface area contributed by atoms with Crippen LogP contribution in [0.15, 0.2) is 60.8 Å². The van der Waals surface area contributed by atoms with Crippen molar-refractivity contribution < 1.29 is 4.79 Å². The number of para-hydroxylation sites is 2. The van der Waals surface area contributed by atoms with Crippen LogP contribution in [0.5, 0.6) is 0 Å². The van der Waals surface area contributed by atoms with Gasteiger partial charge in [-0.15, -0.1) is 12.4 Å². The monoisotopic (exact) mass is 450 g/mol. The number of aryl methyl sites for hydroxylation is 1. The van der Waals surface area contributed by atoms with E-state index in [2.05, 4.69) is 44.4 Å². The first-order valence-electron chi connectivity index (χ1n) is 11.5. The van der Waals surface area contributed by atoms with Crippen LogP contribution in [0.4, 0.5) is 5.69 Å². The lowest BCUT2D eigenvalue weighted by Crippen LogP contribution is -2.55. The molecule has 2 aromatic carbocycles. The fraction of sp³-hybridized carbons (Fsp3) is 0.385. The second kappa shape index (κ2) is 10.3. The van der Waals surface area contributed by atoms with Gasteiger partial charge in [0.05, 0.1) is 11.1 Å². The number of nitrogens with one attached hydrogen (secondary N) is 1. The highest BCUT2D eigenvalue weighted by Crippen LogP contribution is 2.32. The molecule has 1 atom stereocenters. The third-order valence-electron chi connectivity index (χ3n) is 6.70. The number of carbonyl (C=O) groups excluding carboxylic acids is 1. The van der Waals surface area contributed by atoms with Crippen LogP contribution in [-0.2, 0) is 6.42 Å². The Hall–Kier alpha value is -2.63. The molecule has 5 nitrogen and oxygen atoms in total. The second-order valence-electron chi connectivity index (χ2n) is 8.65. The Balaban J connectivity index is 0.00000245. The van der Waals surface area contributed by atoms with Crippen molar-refractivity contribution in [1.82, 2.24) is 15.2 Å². The standard InChI is InChI=1S/C26H30N4O.ClH/c31-26(23-13-15-27-24-9-3-2-8-22(23)24)28-14-5-6-16-29-17-18-30-21(19-29)12-11-20-7-1-4-10-25(20)30;/h1-4,7-10,13,15,21H,5-6,11-12,14,16-19H2,(H,28,31);1H. The molecule has 0 radical (unpaired) electrons. The summed E-state index contributed by atoms with van der Waals surface area (Å²) in [5.74, 6) is -0.00640. The summed E-state index contributed by atoms with van der Waals surface area (Å²) in [5, 5.41) is 4.00. The van der Waals surface area contributed by atoms with E-state index in [1.165, 1.54) is 24.1 Å². The SMILES string of the molecule is Cl.O=C(NCCCCN1CCN2c3ccccc3CCC2C1)c1ccnc2ccccc12. The largest absolute Gasteiger partial charge is 0.366 e. The van der Waals surface area contributed by atoms with Crippen molar-refractivity contribution in [3.8, 4) is 0 Å². The Labute approximate surface area is 196 Å². The zero-order valence-corrected chi connectivity index (χ0v) is 19.2. The van der Waals surface area contributed by atoms with Crippen molar-refractivity contribution >= 4 is 34.9 Å². The predicted molar refractivity (Wildman–Crippen MR) is 133 cm³/mol. The summed E-state index contributed by atoms with van der Waals surface area (Å²) in [6.07, 6.45) is 6.27. The summed E-state index contributed by atoms with van der Waals surface area (Å²) in [4.78, 5) is 22.2. The summed E-state index contributed by atoms with van der Waals surface area (Å²) in [5.41, 5.74) is 4.52. The number of amides is 1. The maximum atomic E-state index is 12.6. The molecule has 0 saturated carbocycles. The van der Waals surface area contributed by atoms with Gasteiger partial charge in [0.2, 0.25) is 0 Å². The number of halogens is 1. The number of benzene rings is 2. The molecule has 0 aliphatic carbocycles. The van der Waals surface area contributed by atoms with E-state index in [4.69, 9.17) is 0 Å². The van der Waals surface area contributed by atoms with E-state index in [9.17, 15) is 4.79 Å². The summed E-state index contributed by atoms with van der Waals surface area (Å²) < 4.78 is 0. The predicted octanol–water partition coefficient (Wildman–Crippen LogP) is 4.30. The van der Waals surface area contributed by atoms with Crippen molar-refractivity contribution in [2.24, 2.45) is 0 Å². The second-order valence-corrected chi connectivity index (χ2v) is 8.65. The molecule has 2 aliphatic heterocycles. The Morgan fingerprint density at radius 2 is 1.88 bits per heavy atom. The first kappa shape index (κ1) is 22.6. The van der Waals surface area contributed by atoms with Crippen LogP contribution < -0.4 is 10.2 Å². The number of aromatic nitrogens is 1. The van der Waals surface area contributed by atoms with Crippen LogP contribution in [0, 0.1) is 0 Å². The van der Waals surface area contributed by atoms with Gasteiger partial charge in [0.15, 0.2) is 0 Å². The summed E-state index contributed by atoms with van der Waals surface area (Å²) in [6, 6.07) is 19.1. The number of pyridine rings is 1. The third kappa shape index (κ3) is 4.74. The fourth-order valence-corrected chi connectivity index (χ4v) is 5.06. The number of piperazine rings is 1. The lowest BCUT2D eigenvalue weighted by molar-refractivity contribution is 0.0954. The van der Waals surface area contributed by atoms with E-state index < -0.39 is 0 Å². The average molecular weight is 451 g/mol. The number of hydrogen-bond acceptors (Lipinski definition) is 4. The van der Waals surface area contributed by atoms with E-state index in [1.807, 2.05) is 24.3 Å². The first-order chi connectivity index (χ1) is 15.3. The van der Waals surface area contributed by atoms with Gasteiger partial charge in [-0.2, -0.15) is 0 Å². The quantitative estimate of drug-likeness (QED) is 0.569. The highest BCUT2D eigenvalue weighted by atomic mass is 35.5. The molecule has 168 valence electrons. The molecular formula is C26H31ClN4O. The minimum Gasteiger partial charge on any atom is -0.366 e. The molecule has 1 unspecified atom stereocenters. The van der Waals surface area contributed by atoms with Crippen LogP contribution >= 0.6 is 12.4 Å². The molecule has 1 fully saturated rings. The number of hydrogen-bond donors (Lipinski definition) is 1. The maximum Gasteiger partial charge on any atom is 0.252 e. The Morgan fingerprint density at radius 1 is 1.03 bits per heavy atom. The number of carbonyl (C=O) groups is 1. The van der Waals surface area contributed by atoms with Crippen molar-refractivity contribution in [2.75, 3.05) is 37.6 Å². The molecule has 0 spiro atoms. The van der Waals surface area contributed by atoms with E-state index in [0.29, 0.717) is 18.2 Å². The van der Waals surface area contributed by atoms with Crippen molar-refractivity contribution in [3.63, 3.8) is 0 Å². The van der Waals surface area contributed by atoms with Gasteiger partial charge in [-0.25, -0.2) is 0 Å². The van der Waals surface area contributed by atoms with Crippen molar-refractivity contribution in [2.45, 2.75) is 31.7 Å². The van der Waals surface area contributed by atoms with Crippen LogP contribution in [0.3, 0.4) is 0 Å². The Bertz CT molecular complexity index is 1070. The molecule has 1 N–H and O–H groups in total. The summed E-state index contributed by atoms with van der Waals surface area (Å²) in [7, 11) is 0. The number of anilines is 1. The molecule has 1 saturated heterocycles. The first-order valence-corrected chi connectivity index (χ1v) is 11.5. The van der Waals surface area contributed by atoms with E-state index in [1.54, 1.807) is 12.3 Å². The highest BCUT2D eigenvalue weighted by molar-refractivity contribution is 6.05. The van der Waals surface area contributed by atoms with Crippen molar-refractivity contribution in [1.29, 1.82) is 0 Å². The van der Waals surface area contributed by atoms with Gasteiger partial charge in [0, 0.05) is 49.5 Å². The summed E-state index contributed by atoms with van der Waals surface area (Å²) >= 11 is 0. The van der Waals surface area contributed by atoms with E-state index in [-0.39, 0.29) is 18.3 Å². The number of rotatable bonds is 6. The molecule has 1 amide bonds. The van der Waals surface area contributed by atoms with Gasteiger partial charge >= 0.3 is 0 Å². The average Bonchev–Trinajstić information content (AvgIpc) is 2.83. The van der Waals surface area contributed by atoms with Crippen LogP contribution in [0.2, 0.25) is 0 Å². The molecule has 1 aromatic heterocycles. The lowest BCUT2D eigenvalue weighted by atomic mass is 9.94. The molecule has 3 aromatic rings. The van der Waals surface area contributed by atoms with Crippen molar-refractivity contribution in [3.05, 3.63) is 71.9 Å². The van der Waals surface area contributed by atoms with E-state index in [0.717, 1.165) is 49.9 Å². The fourth-order valence-electron chi connectivity index (χ4n) is 5.06. The normalized spacial score (nSPS) is 17.9. The Kier molecular flexibility index (Phi) is 7.28. The minimum absolute atomic E-state index is 0. The van der Waals surface area contributed by atoms with Crippen LogP contribution in [-0.4, -0.2) is 54.6 Å². The van der Waals surface area contributed by atoms with Gasteiger partial charge in [-0.05, 0) is 56.0 Å². The molecule has 3 heterocycles. The molecule has 32 heavy (non-hydrogen) atoms. The molecule has 6 heteroatoms. The van der Waals surface area contributed by atoms with Crippen LogP contribution in [0.25, 0.3) is 10.9 Å². The Morgan fingerprint density at radius 3 is 2.81 bits per heavy atom. The van der Waals surface area contributed by atoms with Gasteiger partial charge < -0.3 is 10.2 Å². The van der Waals surface area contributed by atoms with Gasteiger partial charge in [0.25, 0.3) is 5.91 Å². The molecule has 2 aliphatic rings. The zero-order chi connectivity index (χ0) is 21.0. The lowest BCUT2D eigenvalue weighted by Gasteiger charge is -2.46. The van der Waals surface area contributed by atoms with E-state index >= 15 is 0 Å². The van der Waals surface area contributed by atoms with Gasteiger partial charge in [-0.1, -0.05) is 36.4 Å². The smallest absolute Gasteiger partial charge is 0.252 e. The number of unbranched alkanes of at least 4 members (excludes halogenated alkanes) is 1. The van der Waals surface area contributed by atoms with Crippen LogP contribution in [0.1, 0.15) is 35.2 Å². The summed E-state index contributed by atoms with van der Waals surface area (Å²) in [6.45, 7) is 5.23. The number of nitrogens with zero attached hydrogens (tertiary/aromatic N) is 3. The van der Waals surface area contributed by atoms with Gasteiger partial charge in [0.1, 0.15) is 0 Å². The number of fused-ring (bicyclic) bond motifs is 4. The third-order valence-corrected chi connectivity index (χ3v) is 6.70. The molecular weight excluding hydrogens is 420 g/mol. The maximum absolute atomic E-state index is 12.6.